The number of nitrogens with one attached hydrogen (secondary N) is 1. The highest BCUT2D eigenvalue weighted by molar-refractivity contribution is 5.85. The normalized spacial score (nSPS) is 10.7. The van der Waals surface area contributed by atoms with Crippen LogP contribution in [-0.2, 0) is 6.42 Å². The van der Waals surface area contributed by atoms with Crippen molar-refractivity contribution in [3.8, 4) is 0 Å². The molecule has 1 aromatic heterocycles. The van der Waals surface area contributed by atoms with E-state index in [1.165, 1.54) is 95.6 Å². The van der Waals surface area contributed by atoms with Crippen LogP contribution in [0.25, 0.3) is 0 Å². The molecule has 0 bridgehead atoms. The predicted octanol–water partition coefficient (Wildman–Crippen LogP) is 7.16. The molecule has 0 unspecified atom stereocenters. The molecule has 0 atom stereocenters. The minimum Gasteiger partial charge on any atom is -0.349 e. The Bertz CT molecular complexity index is 349. The number of aromatic nitrogens is 2. The van der Waals surface area contributed by atoms with Crippen molar-refractivity contribution in [3.63, 3.8) is 0 Å². The van der Waals surface area contributed by atoms with Crippen LogP contribution in [0.3, 0.4) is 0 Å². The summed E-state index contributed by atoms with van der Waals surface area (Å²) in [6.07, 6.45) is 23.1. The van der Waals surface area contributed by atoms with Crippen LogP contribution in [0.2, 0.25) is 0 Å². The molecule has 3 heteroatoms. The fraction of sp³-hybridized carbons (Fsp3) is 0.850. The number of nitrogens with zero attached hydrogens (tertiary/aromatic N) is 1. The number of H-pyrrole nitrogens is 1. The molecule has 0 radical (unpaired) electrons. The molecule has 0 spiro atoms. The molecule has 2 nitrogen and oxygen atoms in total. The minimum absolute atomic E-state index is 0. The van der Waals surface area contributed by atoms with Crippen LogP contribution in [0, 0.1) is 6.92 Å². The smallest absolute Gasteiger partial charge is 0.103 e. The first-order valence-corrected chi connectivity index (χ1v) is 9.84. The molecule has 0 aliphatic rings. The molecule has 1 aromatic rings. The van der Waals surface area contributed by atoms with Crippen molar-refractivity contribution in [1.82, 2.24) is 9.97 Å². The zero-order valence-electron chi connectivity index (χ0n) is 15.5. The fourth-order valence-corrected chi connectivity index (χ4v) is 3.10. The van der Waals surface area contributed by atoms with E-state index >= 15 is 0 Å². The summed E-state index contributed by atoms with van der Waals surface area (Å²) < 4.78 is 0. The number of aryl methyl sites for hydroxylation is 2. The lowest BCUT2D eigenvalue weighted by Crippen LogP contribution is -1.87. The van der Waals surface area contributed by atoms with Crippen molar-refractivity contribution in [3.05, 3.63) is 17.7 Å². The zero-order valence-corrected chi connectivity index (χ0v) is 16.4. The average Bonchev–Trinajstić information content (AvgIpc) is 2.93. The Balaban J connectivity index is 0.00000484. The van der Waals surface area contributed by atoms with Crippen LogP contribution >= 0.6 is 12.4 Å². The van der Waals surface area contributed by atoms with Crippen molar-refractivity contribution in [2.75, 3.05) is 0 Å². The molecule has 0 aliphatic heterocycles. The first-order chi connectivity index (χ1) is 10.8. The number of imidazole rings is 1. The van der Waals surface area contributed by atoms with Crippen LogP contribution in [-0.4, -0.2) is 9.97 Å². The van der Waals surface area contributed by atoms with E-state index in [0.717, 1.165) is 12.2 Å². The Kier molecular flexibility index (Phi) is 16.0. The second kappa shape index (κ2) is 16.4. The molecule has 1 N–H and O–H groups in total. The third-order valence-corrected chi connectivity index (χ3v) is 4.55. The highest BCUT2D eigenvalue weighted by Crippen LogP contribution is 2.13. The Morgan fingerprint density at radius 1 is 0.739 bits per heavy atom. The summed E-state index contributed by atoms with van der Waals surface area (Å²) >= 11 is 0. The molecular formula is C20H39ClN2. The van der Waals surface area contributed by atoms with Gasteiger partial charge in [0.1, 0.15) is 5.82 Å². The fourth-order valence-electron chi connectivity index (χ4n) is 3.10. The van der Waals surface area contributed by atoms with Crippen LogP contribution < -0.4 is 0 Å². The third-order valence-electron chi connectivity index (χ3n) is 4.55. The molecule has 0 saturated heterocycles. The van der Waals surface area contributed by atoms with Gasteiger partial charge in [0.05, 0.1) is 5.69 Å². The van der Waals surface area contributed by atoms with E-state index in [-0.39, 0.29) is 12.4 Å². The number of rotatable bonds is 15. The van der Waals surface area contributed by atoms with E-state index in [2.05, 4.69) is 23.1 Å². The van der Waals surface area contributed by atoms with Crippen LogP contribution in [0.5, 0.6) is 0 Å². The summed E-state index contributed by atoms with van der Waals surface area (Å²) in [6.45, 7) is 4.31. The van der Waals surface area contributed by atoms with Crippen LogP contribution in [0.15, 0.2) is 6.20 Å². The highest BCUT2D eigenvalue weighted by atomic mass is 35.5. The van der Waals surface area contributed by atoms with Crippen molar-refractivity contribution < 1.29 is 0 Å². The van der Waals surface area contributed by atoms with Gasteiger partial charge in [0.2, 0.25) is 0 Å². The van der Waals surface area contributed by atoms with E-state index in [4.69, 9.17) is 0 Å². The van der Waals surface area contributed by atoms with Gasteiger partial charge in [-0.05, 0) is 19.8 Å². The molecule has 0 aliphatic carbocycles. The summed E-state index contributed by atoms with van der Waals surface area (Å²) in [5.41, 5.74) is 1.23. The first kappa shape index (κ1) is 22.5. The second-order valence-electron chi connectivity index (χ2n) is 6.82. The van der Waals surface area contributed by atoms with E-state index in [1.807, 2.05) is 6.92 Å². The summed E-state index contributed by atoms with van der Waals surface area (Å²) in [4.78, 5) is 7.61. The molecule has 0 aromatic carbocycles. The lowest BCUT2D eigenvalue weighted by atomic mass is 10.0. The number of hydrogen-bond acceptors (Lipinski definition) is 1. The molecule has 1 heterocycles. The van der Waals surface area contributed by atoms with Gasteiger partial charge in [-0.3, -0.25) is 0 Å². The van der Waals surface area contributed by atoms with Crippen LogP contribution in [0.4, 0.5) is 0 Å². The number of halogens is 1. The Labute approximate surface area is 150 Å². The molecule has 0 saturated carbocycles. The van der Waals surface area contributed by atoms with Gasteiger partial charge in [-0.15, -0.1) is 12.4 Å². The summed E-state index contributed by atoms with van der Waals surface area (Å²) in [5, 5.41) is 0. The molecule has 23 heavy (non-hydrogen) atoms. The van der Waals surface area contributed by atoms with E-state index in [0.29, 0.717) is 0 Å². The predicted molar refractivity (Wildman–Crippen MR) is 105 cm³/mol. The molecule has 136 valence electrons. The monoisotopic (exact) mass is 342 g/mol. The van der Waals surface area contributed by atoms with Gasteiger partial charge in [-0.1, -0.05) is 90.4 Å². The minimum atomic E-state index is 0. The van der Waals surface area contributed by atoms with Gasteiger partial charge in [-0.25, -0.2) is 4.98 Å². The van der Waals surface area contributed by atoms with Gasteiger partial charge in [0.15, 0.2) is 0 Å². The van der Waals surface area contributed by atoms with E-state index in [1.54, 1.807) is 0 Å². The lowest BCUT2D eigenvalue weighted by Gasteiger charge is -2.03. The van der Waals surface area contributed by atoms with Gasteiger partial charge < -0.3 is 4.98 Å². The maximum Gasteiger partial charge on any atom is 0.103 e. The molecule has 1 rings (SSSR count). The summed E-state index contributed by atoms with van der Waals surface area (Å²) in [7, 11) is 0. The maximum absolute atomic E-state index is 4.45. The first-order valence-electron chi connectivity index (χ1n) is 9.84. The van der Waals surface area contributed by atoms with Crippen LogP contribution in [0.1, 0.15) is 108 Å². The number of hydrogen-bond donors (Lipinski definition) is 1. The molecule has 0 amide bonds. The lowest BCUT2D eigenvalue weighted by molar-refractivity contribution is 0.535. The Hall–Kier alpha value is -0.500. The Morgan fingerprint density at radius 3 is 1.57 bits per heavy atom. The van der Waals surface area contributed by atoms with Crippen molar-refractivity contribution in [2.24, 2.45) is 0 Å². The van der Waals surface area contributed by atoms with Gasteiger partial charge in [0, 0.05) is 6.20 Å². The van der Waals surface area contributed by atoms with E-state index in [9.17, 15) is 0 Å². The largest absolute Gasteiger partial charge is 0.349 e. The summed E-state index contributed by atoms with van der Waals surface area (Å²) in [6, 6.07) is 0. The zero-order chi connectivity index (χ0) is 15.9. The number of aromatic amines is 1. The van der Waals surface area contributed by atoms with E-state index < -0.39 is 0 Å². The second-order valence-corrected chi connectivity index (χ2v) is 6.82. The molecule has 0 fully saturated rings. The molecular weight excluding hydrogens is 304 g/mol. The Morgan fingerprint density at radius 2 is 1.17 bits per heavy atom. The van der Waals surface area contributed by atoms with Gasteiger partial charge in [0.25, 0.3) is 0 Å². The quantitative estimate of drug-likeness (QED) is 0.336. The van der Waals surface area contributed by atoms with Crippen molar-refractivity contribution in [2.45, 2.75) is 110 Å². The highest BCUT2D eigenvalue weighted by Gasteiger charge is 1.98. The summed E-state index contributed by atoms with van der Waals surface area (Å²) in [5.74, 6) is 1.04. The average molecular weight is 343 g/mol. The SMILES string of the molecule is CCCCCCCCCCCCCCCCc1c[nH]c(C)n1.Cl. The van der Waals surface area contributed by atoms with Gasteiger partial charge in [-0.2, -0.15) is 0 Å². The van der Waals surface area contributed by atoms with Gasteiger partial charge >= 0.3 is 0 Å². The van der Waals surface area contributed by atoms with Crippen molar-refractivity contribution in [1.29, 1.82) is 0 Å². The maximum atomic E-state index is 4.45. The standard InChI is InChI=1S/C20H38N2.ClH/c1-3-4-5-6-7-8-9-10-11-12-13-14-15-16-17-20-18-21-19(2)22-20;/h18H,3-17H2,1-2H3,(H,21,22);1H. The topological polar surface area (TPSA) is 28.7 Å². The number of unbranched alkanes of at least 4 members (excludes halogenated alkanes) is 13. The third kappa shape index (κ3) is 13.6. The van der Waals surface area contributed by atoms with Crippen molar-refractivity contribution >= 4 is 12.4 Å².